The number of urea groups is 1. The highest BCUT2D eigenvalue weighted by atomic mass is 32.1. The summed E-state index contributed by atoms with van der Waals surface area (Å²) in [5.41, 5.74) is -0.0957. The number of carbonyl (C=O) groups excluding carboxylic acids is 3. The van der Waals surface area contributed by atoms with Gasteiger partial charge < -0.3 is 20.3 Å². The zero-order valence-corrected chi connectivity index (χ0v) is 21.6. The zero-order valence-electron chi connectivity index (χ0n) is 20.7. The number of nitrogens with one attached hydrogen (secondary N) is 3. The van der Waals surface area contributed by atoms with Gasteiger partial charge in [0, 0.05) is 29.7 Å². The number of rotatable bonds is 6. The summed E-state index contributed by atoms with van der Waals surface area (Å²) in [6, 6.07) is 16.1. The van der Waals surface area contributed by atoms with Crippen LogP contribution >= 0.6 is 11.3 Å². The smallest absolute Gasteiger partial charge is 0.319 e. The minimum atomic E-state index is -0.955. The van der Waals surface area contributed by atoms with E-state index in [9.17, 15) is 19.6 Å². The second kappa shape index (κ2) is 10.5. The van der Waals surface area contributed by atoms with Crippen LogP contribution in [0.15, 0.2) is 53.5 Å². The maximum absolute atomic E-state index is 13.7. The van der Waals surface area contributed by atoms with Crippen LogP contribution in [0.4, 0.5) is 9.80 Å². The molecule has 11 heteroatoms. The summed E-state index contributed by atoms with van der Waals surface area (Å²) in [5.74, 6) is 0.424. The fourth-order valence-corrected chi connectivity index (χ4v) is 5.80. The Hall–Kier alpha value is -4.43. The molecule has 0 saturated carbocycles. The monoisotopic (exact) mass is 530 g/mol. The largest absolute Gasteiger partial charge is 0.484 e. The number of benzene rings is 2. The van der Waals surface area contributed by atoms with Crippen molar-refractivity contribution in [3.63, 3.8) is 0 Å². The van der Waals surface area contributed by atoms with Crippen molar-refractivity contribution in [2.45, 2.75) is 25.3 Å². The average Bonchev–Trinajstić information content (AvgIpc) is 3.44. The third-order valence-corrected chi connectivity index (χ3v) is 7.74. The van der Waals surface area contributed by atoms with Gasteiger partial charge >= 0.3 is 6.03 Å². The van der Waals surface area contributed by atoms with Crippen LogP contribution < -0.4 is 20.7 Å². The lowest BCUT2D eigenvalue weighted by Gasteiger charge is -2.35. The Morgan fingerprint density at radius 2 is 1.92 bits per heavy atom. The number of thiophene rings is 1. The summed E-state index contributed by atoms with van der Waals surface area (Å²) >= 11 is 1.36. The minimum absolute atomic E-state index is 0.0323. The molecule has 2 aromatic carbocycles. The third-order valence-electron chi connectivity index (χ3n) is 6.65. The molecule has 10 nitrogen and oxygen atoms in total. The van der Waals surface area contributed by atoms with Gasteiger partial charge in [-0.3, -0.25) is 19.9 Å². The Balaban J connectivity index is 1.30. The number of fused-ring (bicyclic) bond motifs is 1. The lowest BCUT2D eigenvalue weighted by molar-refractivity contribution is -0.125. The van der Waals surface area contributed by atoms with Crippen molar-refractivity contribution in [3.8, 4) is 11.8 Å². The van der Waals surface area contributed by atoms with Gasteiger partial charge in [0.2, 0.25) is 0 Å². The van der Waals surface area contributed by atoms with Gasteiger partial charge in [-0.25, -0.2) is 4.79 Å². The number of likely N-dealkylation sites (tertiary alicyclic amines) is 1. The van der Waals surface area contributed by atoms with Gasteiger partial charge in [-0.1, -0.05) is 30.3 Å². The summed E-state index contributed by atoms with van der Waals surface area (Å²) in [6.45, 7) is 3.00. The predicted octanol–water partition coefficient (Wildman–Crippen LogP) is 3.50. The van der Waals surface area contributed by atoms with E-state index >= 15 is 0 Å². The highest BCUT2D eigenvalue weighted by Crippen LogP contribution is 2.38. The van der Waals surface area contributed by atoms with E-state index in [1.165, 1.54) is 11.3 Å². The van der Waals surface area contributed by atoms with Crippen molar-refractivity contribution in [2.75, 3.05) is 31.6 Å². The third kappa shape index (κ3) is 4.78. The highest BCUT2D eigenvalue weighted by molar-refractivity contribution is 7.23. The van der Waals surface area contributed by atoms with Crippen molar-refractivity contribution in [1.82, 2.24) is 15.5 Å². The molecule has 0 radical (unpaired) electrons. The van der Waals surface area contributed by atoms with Crippen LogP contribution in [-0.4, -0.2) is 60.4 Å². The molecule has 1 aromatic heterocycles. The molecular weight excluding hydrogens is 504 g/mol. The molecule has 0 unspecified atom stereocenters. The standard InChI is InChI=1S/C27H26N6O4S/c1-2-29-26(36)31-23-22(18-8-4-6-10-20(18)38-23)24(34)33-13-11-27(12-14-33)25(35)30-21(32-27)16-37-19-9-5-3-7-17(19)15-28/h3-10H,2,11-14,16H2,1H3,(H2,29,31,36)(H,30,32,35). The van der Waals surface area contributed by atoms with E-state index in [1.54, 1.807) is 29.2 Å². The molecule has 38 heavy (non-hydrogen) atoms. The van der Waals surface area contributed by atoms with Crippen molar-refractivity contribution >= 4 is 50.1 Å². The first-order valence-electron chi connectivity index (χ1n) is 12.3. The molecule has 2 aliphatic heterocycles. The fraction of sp³-hybridized carbons (Fsp3) is 0.296. The van der Waals surface area contributed by atoms with Crippen LogP contribution in [0.1, 0.15) is 35.7 Å². The molecule has 0 atom stereocenters. The number of para-hydroxylation sites is 1. The van der Waals surface area contributed by atoms with E-state index in [4.69, 9.17) is 4.74 Å². The number of amides is 4. The van der Waals surface area contributed by atoms with Crippen LogP contribution in [0.25, 0.3) is 10.1 Å². The molecule has 5 rings (SSSR count). The van der Waals surface area contributed by atoms with Crippen LogP contribution in [-0.2, 0) is 4.79 Å². The maximum Gasteiger partial charge on any atom is 0.319 e. The van der Waals surface area contributed by atoms with E-state index in [0.29, 0.717) is 60.2 Å². The Morgan fingerprint density at radius 3 is 2.68 bits per heavy atom. The number of nitrogens with zero attached hydrogens (tertiary/aromatic N) is 3. The quantitative estimate of drug-likeness (QED) is 0.448. The Labute approximate surface area is 223 Å². The highest BCUT2D eigenvalue weighted by Gasteiger charge is 2.46. The Kier molecular flexibility index (Phi) is 6.98. The van der Waals surface area contributed by atoms with Crippen molar-refractivity contribution in [2.24, 2.45) is 4.99 Å². The molecule has 3 aromatic rings. The summed E-state index contributed by atoms with van der Waals surface area (Å²) < 4.78 is 6.64. The second-order valence-corrected chi connectivity index (χ2v) is 10.1. The predicted molar refractivity (Wildman–Crippen MR) is 145 cm³/mol. The van der Waals surface area contributed by atoms with E-state index < -0.39 is 5.54 Å². The molecule has 1 saturated heterocycles. The summed E-state index contributed by atoms with van der Waals surface area (Å²) in [4.78, 5) is 45.2. The fourth-order valence-electron chi connectivity index (χ4n) is 4.71. The molecule has 194 valence electrons. The number of hydrogen-bond acceptors (Lipinski definition) is 7. The molecule has 3 N–H and O–H groups in total. The van der Waals surface area contributed by atoms with Gasteiger partial charge in [0.15, 0.2) is 0 Å². The number of ether oxygens (including phenoxy) is 1. The molecule has 4 amide bonds. The van der Waals surface area contributed by atoms with E-state index in [2.05, 4.69) is 27.0 Å². The van der Waals surface area contributed by atoms with E-state index in [0.717, 1.165) is 10.1 Å². The van der Waals surface area contributed by atoms with Gasteiger partial charge in [-0.05, 0) is 38.0 Å². The summed E-state index contributed by atoms with van der Waals surface area (Å²) in [5, 5.41) is 18.8. The molecule has 2 aliphatic rings. The molecule has 1 fully saturated rings. The zero-order chi connectivity index (χ0) is 26.7. The first-order chi connectivity index (χ1) is 18.4. The summed E-state index contributed by atoms with van der Waals surface area (Å²) in [6.07, 6.45) is 0.730. The average molecular weight is 531 g/mol. The number of carbonyl (C=O) groups is 3. The first kappa shape index (κ1) is 25.2. The number of hydrogen-bond donors (Lipinski definition) is 3. The van der Waals surface area contributed by atoms with Crippen LogP contribution in [0.2, 0.25) is 0 Å². The molecule has 0 aliphatic carbocycles. The maximum atomic E-state index is 13.7. The number of nitriles is 1. The van der Waals surface area contributed by atoms with Crippen molar-refractivity contribution in [3.05, 3.63) is 59.7 Å². The normalized spacial score (nSPS) is 16.1. The van der Waals surface area contributed by atoms with E-state index in [1.807, 2.05) is 31.2 Å². The van der Waals surface area contributed by atoms with Crippen molar-refractivity contribution < 1.29 is 19.1 Å². The molecular formula is C27H26N6O4S. The van der Waals surface area contributed by atoms with Gasteiger partial charge in [0.25, 0.3) is 11.8 Å². The number of aliphatic imine (C=N–C) groups is 1. The molecule has 1 spiro atoms. The summed E-state index contributed by atoms with van der Waals surface area (Å²) in [7, 11) is 0. The van der Waals surface area contributed by atoms with Gasteiger partial charge in [0.1, 0.15) is 34.8 Å². The molecule has 0 bridgehead atoms. The van der Waals surface area contributed by atoms with Crippen LogP contribution in [0, 0.1) is 11.3 Å². The van der Waals surface area contributed by atoms with Gasteiger partial charge in [-0.2, -0.15) is 5.26 Å². The van der Waals surface area contributed by atoms with E-state index in [-0.39, 0.29) is 24.5 Å². The van der Waals surface area contributed by atoms with Crippen molar-refractivity contribution in [1.29, 1.82) is 5.26 Å². The SMILES string of the molecule is CCNC(=O)Nc1sc2ccccc2c1C(=O)N1CCC2(CC1)N=C(COc1ccccc1C#N)NC2=O. The van der Waals surface area contributed by atoms with Crippen LogP contribution in [0.3, 0.4) is 0 Å². The first-order valence-corrected chi connectivity index (χ1v) is 13.1. The number of amidine groups is 1. The lowest BCUT2D eigenvalue weighted by Crippen LogP contribution is -2.50. The number of anilines is 1. The van der Waals surface area contributed by atoms with Crippen LogP contribution in [0.5, 0.6) is 5.75 Å². The lowest BCUT2D eigenvalue weighted by atomic mass is 9.87. The second-order valence-electron chi connectivity index (χ2n) is 9.02. The van der Waals surface area contributed by atoms with Gasteiger partial charge in [0.05, 0.1) is 11.1 Å². The van der Waals surface area contributed by atoms with Gasteiger partial charge in [-0.15, -0.1) is 11.3 Å². The Bertz CT molecular complexity index is 1480. The number of piperidine rings is 1. The Morgan fingerprint density at radius 1 is 1.18 bits per heavy atom. The molecule has 3 heterocycles. The topological polar surface area (TPSA) is 136 Å². The minimum Gasteiger partial charge on any atom is -0.484 e.